The molecule has 3 nitrogen and oxygen atoms in total. The van der Waals surface area contributed by atoms with E-state index < -0.39 is 0 Å². The Bertz CT molecular complexity index is 13.0. The third kappa shape index (κ3) is 18900. The van der Waals surface area contributed by atoms with Crippen LogP contribution in [0.4, 0.5) is 0 Å². The molecule has 0 unspecified atom stereocenters. The van der Waals surface area contributed by atoms with E-state index in [0.717, 1.165) is 0 Å². The Morgan fingerprint density at radius 2 is 1.00 bits per heavy atom. The predicted octanol–water partition coefficient (Wildman–Crippen LogP) is 0.260. The maximum atomic E-state index is 7.57. The molecule has 0 aliphatic carbocycles. The van der Waals surface area contributed by atoms with Gasteiger partial charge in [0.25, 0.3) is 0 Å². The maximum absolute atomic E-state index is 7.57. The summed E-state index contributed by atoms with van der Waals surface area (Å²) in [5, 5.41) is 15.1. The molecule has 60 valence electrons. The lowest BCUT2D eigenvalue weighted by atomic mass is 10.9. The van der Waals surface area contributed by atoms with Crippen LogP contribution in [0.5, 0.6) is 0 Å². The number of hydrogen-bond acceptors (Lipinski definition) is 3. The molecule has 2 N–H and O–H groups in total. The topological polar surface area (TPSA) is 49.7 Å². The molecule has 0 aromatic carbocycles. The van der Waals surface area contributed by atoms with E-state index in [1.807, 2.05) is 0 Å². The average Bonchev–Trinajstić information content (AvgIpc) is 1.70. The number of methoxy groups -OCH3 is 1. The van der Waals surface area contributed by atoms with E-state index in [1.165, 1.54) is 0 Å². The second-order valence-corrected chi connectivity index (χ2v) is 1.04. The summed E-state index contributed by atoms with van der Waals surface area (Å²) in [7, 11) is 3.25. The smallest absolute Gasteiger partial charge is 0.0402 e. The van der Waals surface area contributed by atoms with Crippen molar-refractivity contribution in [1.29, 1.82) is 0 Å². The van der Waals surface area contributed by atoms with Gasteiger partial charge in [-0.1, -0.05) is 0 Å². The summed E-state index contributed by atoms with van der Waals surface area (Å²) < 4.78 is 4.25. The van der Waals surface area contributed by atoms with E-state index in [4.69, 9.17) is 10.2 Å². The van der Waals surface area contributed by atoms with Gasteiger partial charge in [0.05, 0.1) is 0 Å². The van der Waals surface area contributed by atoms with Gasteiger partial charge in [-0.3, -0.25) is 0 Å². The lowest BCUT2D eigenvalue weighted by molar-refractivity contribution is 0.277. The summed E-state index contributed by atoms with van der Waals surface area (Å²) in [6.07, 6.45) is 0. The zero-order valence-corrected chi connectivity index (χ0v) is 6.72. The Morgan fingerprint density at radius 3 is 1.00 bits per heavy atom. The number of aliphatic hydroxyl groups is 2. The normalized spacial score (nSPS) is 6.00. The van der Waals surface area contributed by atoms with Gasteiger partial charge in [-0.2, -0.15) is 0 Å². The number of rotatable bonds is 0. The van der Waals surface area contributed by atoms with Crippen LogP contribution in [0.1, 0.15) is 13.8 Å². The maximum Gasteiger partial charge on any atom is 0.0402 e. The summed E-state index contributed by atoms with van der Waals surface area (Å²) in [6, 6.07) is 0. The molecule has 3 heteroatoms. The van der Waals surface area contributed by atoms with Crippen LogP contribution in [0.3, 0.4) is 0 Å². The van der Waals surface area contributed by atoms with Gasteiger partial charge in [-0.25, -0.2) is 0 Å². The minimum Gasteiger partial charge on any atom is -0.397 e. The molecule has 0 atom stereocenters. The first-order valence-corrected chi connectivity index (χ1v) is 2.86. The molecule has 0 aliphatic rings. The number of aliphatic hydroxyl groups excluding tert-OH is 2. The molecule has 9 heavy (non-hydrogen) atoms. The minimum absolute atomic E-state index is 0.250. The molecule has 0 fully saturated rings. The number of hydrogen-bond donors (Lipinski definition) is 2. The fourth-order valence-electron chi connectivity index (χ4n) is 0. The predicted molar refractivity (Wildman–Crippen MR) is 38.5 cm³/mol. The molecule has 0 aromatic rings. The summed E-state index contributed by atoms with van der Waals surface area (Å²) >= 11 is 0. The van der Waals surface area contributed by atoms with E-state index in [1.54, 1.807) is 28.1 Å². The molecular formula is C6H18O3. The van der Waals surface area contributed by atoms with Gasteiger partial charge in [0, 0.05) is 27.4 Å². The summed E-state index contributed by atoms with van der Waals surface area (Å²) in [5.74, 6) is 0. The van der Waals surface area contributed by atoms with Gasteiger partial charge in [-0.15, -0.1) is 0 Å². The summed E-state index contributed by atoms with van der Waals surface area (Å²) in [5.41, 5.74) is 0. The van der Waals surface area contributed by atoms with Crippen LogP contribution in [-0.2, 0) is 4.74 Å². The van der Waals surface area contributed by atoms with Crippen LogP contribution in [0.25, 0.3) is 0 Å². The van der Waals surface area contributed by atoms with Crippen LogP contribution in [-0.4, -0.2) is 37.6 Å². The molecule has 0 heterocycles. The minimum atomic E-state index is 0.250. The second-order valence-electron chi connectivity index (χ2n) is 1.04. The van der Waals surface area contributed by atoms with Crippen molar-refractivity contribution in [2.45, 2.75) is 13.8 Å². The average molecular weight is 138 g/mol. The fraction of sp³-hybridized carbons (Fsp3) is 1.00. The first-order chi connectivity index (χ1) is 4.24. The van der Waals surface area contributed by atoms with Gasteiger partial charge in [0.1, 0.15) is 0 Å². The first kappa shape index (κ1) is 15.9. The van der Waals surface area contributed by atoms with Crippen molar-refractivity contribution in [3.05, 3.63) is 0 Å². The fourth-order valence-corrected chi connectivity index (χ4v) is 0. The molecule has 0 saturated carbocycles. The van der Waals surface area contributed by atoms with E-state index in [2.05, 4.69) is 4.74 Å². The molecule has 0 bridgehead atoms. The van der Waals surface area contributed by atoms with Gasteiger partial charge >= 0.3 is 0 Å². The van der Waals surface area contributed by atoms with E-state index in [-0.39, 0.29) is 13.2 Å². The van der Waals surface area contributed by atoms with E-state index in [9.17, 15) is 0 Å². The quantitative estimate of drug-likeness (QED) is 0.505. The van der Waals surface area contributed by atoms with Crippen LogP contribution in [0.2, 0.25) is 0 Å². The summed E-state index contributed by atoms with van der Waals surface area (Å²) in [4.78, 5) is 0. The molecule has 0 rings (SSSR count). The van der Waals surface area contributed by atoms with Crippen molar-refractivity contribution in [3.63, 3.8) is 0 Å². The SMILES string of the molecule is CCO.CCO.COC. The second kappa shape index (κ2) is 45.0. The Labute approximate surface area is 57.3 Å². The highest BCUT2D eigenvalue weighted by atomic mass is 16.4. The summed E-state index contributed by atoms with van der Waals surface area (Å²) in [6.45, 7) is 3.86. The van der Waals surface area contributed by atoms with Gasteiger partial charge in [-0.05, 0) is 13.8 Å². The standard InChI is InChI=1S/3C2H6O/c1-3-2;2*1-2-3/h1-2H3;2*3H,2H2,1H3. The molecular weight excluding hydrogens is 120 g/mol. The largest absolute Gasteiger partial charge is 0.397 e. The van der Waals surface area contributed by atoms with Crippen molar-refractivity contribution in [1.82, 2.24) is 0 Å². The van der Waals surface area contributed by atoms with Crippen molar-refractivity contribution < 1.29 is 14.9 Å². The van der Waals surface area contributed by atoms with Crippen LogP contribution in [0, 0.1) is 0 Å². The van der Waals surface area contributed by atoms with E-state index in [0.29, 0.717) is 0 Å². The van der Waals surface area contributed by atoms with Crippen LogP contribution in [0.15, 0.2) is 0 Å². The molecule has 0 saturated heterocycles. The van der Waals surface area contributed by atoms with E-state index >= 15 is 0 Å². The Balaban J connectivity index is -0.0000000600. The Kier molecular flexibility index (Phi) is 79.7. The van der Waals surface area contributed by atoms with Crippen LogP contribution < -0.4 is 0 Å². The molecule has 0 radical (unpaired) electrons. The number of ether oxygens (including phenoxy) is 1. The zero-order valence-electron chi connectivity index (χ0n) is 6.72. The lowest BCUT2D eigenvalue weighted by Gasteiger charge is -1.61. The van der Waals surface area contributed by atoms with Crippen molar-refractivity contribution in [3.8, 4) is 0 Å². The molecule has 0 aliphatic heterocycles. The van der Waals surface area contributed by atoms with Crippen molar-refractivity contribution >= 4 is 0 Å². The molecule has 0 spiro atoms. The Morgan fingerprint density at radius 1 is 1.00 bits per heavy atom. The first-order valence-electron chi connectivity index (χ1n) is 2.86. The monoisotopic (exact) mass is 138 g/mol. The molecule has 0 amide bonds. The van der Waals surface area contributed by atoms with Gasteiger partial charge < -0.3 is 14.9 Å². The van der Waals surface area contributed by atoms with Crippen LogP contribution >= 0.6 is 0 Å². The highest BCUT2D eigenvalue weighted by Crippen LogP contribution is 1.30. The lowest BCUT2D eigenvalue weighted by Crippen LogP contribution is -1.57. The van der Waals surface area contributed by atoms with Crippen molar-refractivity contribution in [2.24, 2.45) is 0 Å². The third-order valence-corrected chi connectivity index (χ3v) is 0. The Hall–Kier alpha value is -0.120. The molecule has 0 aromatic heterocycles. The zero-order chi connectivity index (χ0) is 8.12. The van der Waals surface area contributed by atoms with Gasteiger partial charge in [0.2, 0.25) is 0 Å². The highest BCUT2D eigenvalue weighted by molar-refractivity contribution is 3.84. The highest BCUT2D eigenvalue weighted by Gasteiger charge is 1.34. The van der Waals surface area contributed by atoms with Gasteiger partial charge in [0.15, 0.2) is 0 Å². The van der Waals surface area contributed by atoms with Crippen molar-refractivity contribution in [2.75, 3.05) is 27.4 Å². The third-order valence-electron chi connectivity index (χ3n) is 0.